The molecule has 0 radical (unpaired) electrons. The first-order valence-corrected chi connectivity index (χ1v) is 15.8. The quantitative estimate of drug-likeness (QED) is 0.231. The zero-order valence-electron chi connectivity index (χ0n) is 21.2. The molecule has 6 heteroatoms. The molecule has 4 nitrogen and oxygen atoms in total. The summed E-state index contributed by atoms with van der Waals surface area (Å²) in [5.74, 6) is 1.45. The number of hydrogen-bond donors (Lipinski definition) is 0. The molecule has 186 valence electrons. The van der Waals surface area contributed by atoms with Crippen molar-refractivity contribution in [1.82, 2.24) is 0 Å². The van der Waals surface area contributed by atoms with E-state index in [1.54, 1.807) is 18.0 Å². The fourth-order valence-electron chi connectivity index (χ4n) is 5.29. The van der Waals surface area contributed by atoms with Gasteiger partial charge in [0.15, 0.2) is 0 Å². The van der Waals surface area contributed by atoms with Gasteiger partial charge < -0.3 is 13.3 Å². The molecule has 0 saturated heterocycles. The highest BCUT2D eigenvalue weighted by molar-refractivity contribution is 8.02. The minimum absolute atomic E-state index is 0.417. The maximum atomic E-state index is 6.20. The van der Waals surface area contributed by atoms with Crippen LogP contribution in [0.5, 0.6) is 0 Å². The number of rotatable bonds is 8. The Kier molecular flexibility index (Phi) is 9.57. The molecule has 0 fully saturated rings. The third-order valence-electron chi connectivity index (χ3n) is 6.57. The van der Waals surface area contributed by atoms with Crippen molar-refractivity contribution in [2.75, 3.05) is 25.6 Å². The molecule has 2 aliphatic rings. The van der Waals surface area contributed by atoms with Crippen LogP contribution in [-0.2, 0) is 19.7 Å². The molecule has 0 N–H and O–H groups in total. The molecule has 3 aromatic rings. The summed E-state index contributed by atoms with van der Waals surface area (Å²) in [5.41, 5.74) is 2.98. The summed E-state index contributed by atoms with van der Waals surface area (Å²) >= 11 is 1.77. The van der Waals surface area contributed by atoms with Crippen LogP contribution in [0.25, 0.3) is 21.5 Å². The fourth-order valence-corrected chi connectivity index (χ4v) is 8.66. The number of hydrogen-bond acceptors (Lipinski definition) is 5. The van der Waals surface area contributed by atoms with Crippen LogP contribution in [0, 0.1) is 0 Å². The molecule has 1 aliphatic heterocycles. The van der Waals surface area contributed by atoms with Gasteiger partial charge in [-0.25, -0.2) is 0 Å². The highest BCUT2D eigenvalue weighted by atomic mass is 32.2. The predicted molar refractivity (Wildman–Crippen MR) is 153 cm³/mol. The molecule has 5 rings (SSSR count). The third-order valence-corrected chi connectivity index (χ3v) is 10.4. The van der Waals surface area contributed by atoms with E-state index < -0.39 is 8.80 Å². The van der Waals surface area contributed by atoms with Crippen LogP contribution in [0.4, 0.5) is 0 Å². The van der Waals surface area contributed by atoms with Crippen LogP contribution in [0.1, 0.15) is 50.7 Å². The molecule has 0 bridgehead atoms. The number of benzene rings is 3. The molecule has 35 heavy (non-hydrogen) atoms. The highest BCUT2D eigenvalue weighted by Gasteiger charge is 2.44. The van der Waals surface area contributed by atoms with E-state index in [2.05, 4.69) is 53.5 Å². The van der Waals surface area contributed by atoms with Crippen molar-refractivity contribution in [1.29, 1.82) is 0 Å². The van der Waals surface area contributed by atoms with Crippen molar-refractivity contribution >= 4 is 48.3 Å². The molecule has 0 spiro atoms. The molecule has 0 amide bonds. The maximum absolute atomic E-state index is 6.20. The lowest BCUT2D eigenvalue weighted by atomic mass is 9.80. The Bertz CT molecular complexity index is 1150. The predicted octanol–water partition coefficient (Wildman–Crippen LogP) is 7.74. The molecule has 0 saturated carbocycles. The van der Waals surface area contributed by atoms with Gasteiger partial charge in [0.2, 0.25) is 0 Å². The van der Waals surface area contributed by atoms with E-state index in [0.717, 1.165) is 18.2 Å². The van der Waals surface area contributed by atoms with Crippen molar-refractivity contribution in [3.63, 3.8) is 0 Å². The lowest BCUT2D eigenvalue weighted by molar-refractivity contribution is 0.0690. The first-order chi connectivity index (χ1) is 17.2. The zero-order chi connectivity index (χ0) is 24.5. The summed E-state index contributed by atoms with van der Waals surface area (Å²) < 4.78 is 18.6. The number of nitrogens with zero attached hydrogens (tertiary/aromatic N) is 1. The number of aliphatic imine (C=N–C) groups is 1. The van der Waals surface area contributed by atoms with Gasteiger partial charge >= 0.3 is 8.80 Å². The van der Waals surface area contributed by atoms with Crippen molar-refractivity contribution in [2.45, 2.75) is 52.0 Å². The summed E-state index contributed by atoms with van der Waals surface area (Å²) in [4.78, 5) is 3.85. The van der Waals surface area contributed by atoms with E-state index >= 15 is 0 Å². The van der Waals surface area contributed by atoms with Gasteiger partial charge in [0.05, 0.1) is 0 Å². The van der Waals surface area contributed by atoms with Crippen LogP contribution < -0.4 is 0 Å². The summed E-state index contributed by atoms with van der Waals surface area (Å²) in [6, 6.07) is 18.8. The Morgan fingerprint density at radius 2 is 1.63 bits per heavy atom. The monoisotopic (exact) mass is 507 g/mol. The van der Waals surface area contributed by atoms with Crippen molar-refractivity contribution in [3.8, 4) is 0 Å². The van der Waals surface area contributed by atoms with Crippen LogP contribution in [0.15, 0.2) is 65.1 Å². The maximum Gasteiger partial charge on any atom is 0.501 e. The Labute approximate surface area is 215 Å². The minimum Gasteiger partial charge on any atom is -0.374 e. The molecule has 1 unspecified atom stereocenters. The Balaban J connectivity index is 0.000000421. The summed E-state index contributed by atoms with van der Waals surface area (Å²) in [5, 5.41) is 7.36. The van der Waals surface area contributed by atoms with E-state index in [1.807, 2.05) is 32.4 Å². The molecule has 0 aromatic heterocycles. The number of fused-ring (bicyclic) bond motifs is 5. The van der Waals surface area contributed by atoms with E-state index in [0.29, 0.717) is 25.7 Å². The van der Waals surface area contributed by atoms with Gasteiger partial charge in [-0.3, -0.25) is 4.99 Å². The largest absolute Gasteiger partial charge is 0.501 e. The standard InChI is InChI=1S/C25H32O3Si.C4H5NS/c1-4-26-29(27-5-2,28-6-3)18-21-12-9-11-20-15-16-23-22-13-8-7-10-19(22)14-17-24(23)25(20)21;1-3-6-4-2-5-1/h7-8,10,13-17,21H,4-6,9,11-12,18H2,1-3H3;1-3H,4H2. The smallest absolute Gasteiger partial charge is 0.374 e. The molecule has 3 aromatic carbocycles. The Morgan fingerprint density at radius 3 is 2.26 bits per heavy atom. The Hall–Kier alpha value is -1.96. The van der Waals surface area contributed by atoms with E-state index in [-0.39, 0.29) is 0 Å². The van der Waals surface area contributed by atoms with Crippen molar-refractivity contribution < 1.29 is 13.3 Å². The highest BCUT2D eigenvalue weighted by Crippen LogP contribution is 2.43. The van der Waals surface area contributed by atoms with Gasteiger partial charge in [0.1, 0.15) is 0 Å². The van der Waals surface area contributed by atoms with Crippen LogP contribution in [-0.4, -0.2) is 40.6 Å². The first kappa shape index (κ1) is 26.1. The molecule has 1 atom stereocenters. The average Bonchev–Trinajstić information content (AvgIpc) is 2.90. The van der Waals surface area contributed by atoms with Crippen molar-refractivity contribution in [3.05, 3.63) is 71.3 Å². The lowest BCUT2D eigenvalue weighted by Gasteiger charge is -2.35. The second kappa shape index (κ2) is 12.8. The number of aryl methyl sites for hydroxylation is 1. The summed E-state index contributed by atoms with van der Waals surface area (Å²) in [7, 11) is -2.69. The summed E-state index contributed by atoms with van der Waals surface area (Å²) in [6.07, 6.45) is 7.23. The Morgan fingerprint density at radius 1 is 0.886 bits per heavy atom. The summed E-state index contributed by atoms with van der Waals surface area (Å²) in [6.45, 7) is 8.01. The van der Waals surface area contributed by atoms with E-state index in [4.69, 9.17) is 13.3 Å². The number of thioether (sulfide) groups is 1. The topological polar surface area (TPSA) is 40.0 Å². The lowest BCUT2D eigenvalue weighted by Crippen LogP contribution is -2.47. The van der Waals surface area contributed by atoms with Gasteiger partial charge in [0.25, 0.3) is 0 Å². The van der Waals surface area contributed by atoms with Gasteiger partial charge in [-0.15, -0.1) is 11.8 Å². The average molecular weight is 508 g/mol. The van der Waals surface area contributed by atoms with Crippen LogP contribution >= 0.6 is 11.8 Å². The van der Waals surface area contributed by atoms with Gasteiger partial charge in [-0.05, 0) is 84.0 Å². The van der Waals surface area contributed by atoms with Crippen LogP contribution in [0.3, 0.4) is 0 Å². The normalized spacial score (nSPS) is 17.3. The SMILES string of the molecule is C1=CSCC=N1.CCO[Si](CC1CCCc2ccc3c(ccc4ccccc43)c21)(OCC)OCC. The van der Waals surface area contributed by atoms with Gasteiger partial charge in [-0.1, -0.05) is 48.5 Å². The fraction of sp³-hybridized carbons (Fsp3) is 0.414. The second-order valence-corrected chi connectivity index (χ2v) is 12.3. The zero-order valence-corrected chi connectivity index (χ0v) is 23.0. The van der Waals surface area contributed by atoms with Gasteiger partial charge in [0, 0.05) is 44.0 Å². The molecular weight excluding hydrogens is 470 g/mol. The molecule has 1 heterocycles. The van der Waals surface area contributed by atoms with Crippen LogP contribution in [0.2, 0.25) is 6.04 Å². The minimum atomic E-state index is -2.69. The molecular formula is C29H37NO3SSi. The first-order valence-electron chi connectivity index (χ1n) is 12.8. The third kappa shape index (κ3) is 6.24. The van der Waals surface area contributed by atoms with Gasteiger partial charge in [-0.2, -0.15) is 0 Å². The van der Waals surface area contributed by atoms with Crippen molar-refractivity contribution in [2.24, 2.45) is 4.99 Å². The van der Waals surface area contributed by atoms with E-state index in [9.17, 15) is 0 Å². The molecule has 1 aliphatic carbocycles. The van der Waals surface area contributed by atoms with E-state index in [1.165, 1.54) is 45.5 Å². The second-order valence-electron chi connectivity index (χ2n) is 8.75.